The molecule has 4 heteroatoms. The second-order valence-electron chi connectivity index (χ2n) is 6.06. The van der Waals surface area contributed by atoms with Crippen molar-refractivity contribution >= 4 is 0 Å². The van der Waals surface area contributed by atoms with Crippen LogP contribution in [0.1, 0.15) is 44.7 Å². The van der Waals surface area contributed by atoms with Crippen LogP contribution in [0.3, 0.4) is 0 Å². The Balaban J connectivity index is 1.97. The van der Waals surface area contributed by atoms with E-state index in [9.17, 15) is 0 Å². The molecule has 0 aromatic carbocycles. The minimum Gasteiger partial charge on any atom is -0.377 e. The number of aryl methyl sites for hydroxylation is 2. The smallest absolute Gasteiger partial charge is 0.0831 e. The lowest BCUT2D eigenvalue weighted by Crippen LogP contribution is -2.52. The summed E-state index contributed by atoms with van der Waals surface area (Å²) in [5.74, 6) is 0.719. The van der Waals surface area contributed by atoms with Crippen LogP contribution >= 0.6 is 0 Å². The Hall–Kier alpha value is -0.870. The van der Waals surface area contributed by atoms with E-state index < -0.39 is 0 Å². The van der Waals surface area contributed by atoms with Gasteiger partial charge in [0, 0.05) is 32.1 Å². The highest BCUT2D eigenvalue weighted by Gasteiger charge is 2.40. The summed E-state index contributed by atoms with van der Waals surface area (Å²) in [6.45, 7) is 2.31. The first-order chi connectivity index (χ1) is 9.07. The third-order valence-electron chi connectivity index (χ3n) is 4.71. The van der Waals surface area contributed by atoms with E-state index in [1.807, 2.05) is 25.0 Å². The van der Waals surface area contributed by atoms with E-state index in [-0.39, 0.29) is 11.6 Å². The molecule has 0 radical (unpaired) electrons. The van der Waals surface area contributed by atoms with Gasteiger partial charge in [-0.15, -0.1) is 0 Å². The molecule has 0 bridgehead atoms. The number of hydrogen-bond donors (Lipinski definition) is 1. The minimum absolute atomic E-state index is 0.107. The van der Waals surface area contributed by atoms with Gasteiger partial charge in [-0.05, 0) is 37.7 Å². The number of methoxy groups -OCH3 is 1. The van der Waals surface area contributed by atoms with Crippen LogP contribution in [0.2, 0.25) is 0 Å². The van der Waals surface area contributed by atoms with Gasteiger partial charge in [0.15, 0.2) is 0 Å². The topological polar surface area (TPSA) is 53.1 Å². The summed E-state index contributed by atoms with van der Waals surface area (Å²) in [6, 6.07) is 2.17. The zero-order chi connectivity index (χ0) is 13.9. The molecule has 2 rings (SSSR count). The quantitative estimate of drug-likeness (QED) is 0.888. The molecule has 3 atom stereocenters. The van der Waals surface area contributed by atoms with Gasteiger partial charge in [-0.3, -0.25) is 4.68 Å². The Bertz CT molecular complexity index is 404. The van der Waals surface area contributed by atoms with E-state index in [0.29, 0.717) is 0 Å². The predicted molar refractivity (Wildman–Crippen MR) is 76.9 cm³/mol. The van der Waals surface area contributed by atoms with Gasteiger partial charge in [0.05, 0.1) is 5.60 Å². The van der Waals surface area contributed by atoms with E-state index in [1.54, 1.807) is 0 Å². The Labute approximate surface area is 116 Å². The van der Waals surface area contributed by atoms with Crippen LogP contribution in [0.4, 0.5) is 0 Å². The molecular weight excluding hydrogens is 238 g/mol. The average Bonchev–Trinajstić information content (AvgIpc) is 2.81. The second kappa shape index (κ2) is 6.06. The summed E-state index contributed by atoms with van der Waals surface area (Å²) in [4.78, 5) is 0. The molecule has 1 aliphatic carbocycles. The van der Waals surface area contributed by atoms with Crippen LogP contribution in [-0.2, 0) is 18.2 Å². The van der Waals surface area contributed by atoms with Gasteiger partial charge in [-0.25, -0.2) is 0 Å². The molecule has 1 heterocycles. The van der Waals surface area contributed by atoms with Gasteiger partial charge in [0.1, 0.15) is 0 Å². The summed E-state index contributed by atoms with van der Waals surface area (Å²) < 4.78 is 7.79. The van der Waals surface area contributed by atoms with Crippen molar-refractivity contribution in [2.75, 3.05) is 7.11 Å². The Kier molecular flexibility index (Phi) is 4.63. The molecule has 1 aliphatic rings. The summed E-state index contributed by atoms with van der Waals surface area (Å²) in [6.07, 6.45) is 8.50. The molecule has 0 spiro atoms. The van der Waals surface area contributed by atoms with Crippen molar-refractivity contribution in [2.45, 2.75) is 57.1 Å². The highest BCUT2D eigenvalue weighted by molar-refractivity contribution is 5.03. The van der Waals surface area contributed by atoms with Crippen LogP contribution in [-0.4, -0.2) is 28.5 Å². The molecule has 1 saturated carbocycles. The summed E-state index contributed by atoms with van der Waals surface area (Å²) in [5.41, 5.74) is 7.59. The molecule has 0 aliphatic heterocycles. The van der Waals surface area contributed by atoms with E-state index >= 15 is 0 Å². The Morgan fingerprint density at radius 1 is 1.63 bits per heavy atom. The molecule has 108 valence electrons. The van der Waals surface area contributed by atoms with Crippen LogP contribution < -0.4 is 5.73 Å². The van der Waals surface area contributed by atoms with Crippen molar-refractivity contribution in [3.63, 3.8) is 0 Å². The van der Waals surface area contributed by atoms with Gasteiger partial charge in [0.25, 0.3) is 0 Å². The molecule has 1 aromatic heterocycles. The Morgan fingerprint density at radius 2 is 2.42 bits per heavy atom. The third-order valence-corrected chi connectivity index (χ3v) is 4.71. The predicted octanol–water partition coefficient (Wildman–Crippen LogP) is 2.28. The first-order valence-electron chi connectivity index (χ1n) is 7.35. The largest absolute Gasteiger partial charge is 0.377 e. The first-order valence-corrected chi connectivity index (χ1v) is 7.35. The van der Waals surface area contributed by atoms with Crippen LogP contribution in [0.25, 0.3) is 0 Å². The number of nitrogens with two attached hydrogens (primary N) is 1. The van der Waals surface area contributed by atoms with Crippen LogP contribution in [0.5, 0.6) is 0 Å². The summed E-state index contributed by atoms with van der Waals surface area (Å²) >= 11 is 0. The molecule has 1 aromatic rings. The van der Waals surface area contributed by atoms with Crippen molar-refractivity contribution in [1.29, 1.82) is 0 Å². The number of hydrogen-bond acceptors (Lipinski definition) is 3. The number of nitrogens with zero attached hydrogens (tertiary/aromatic N) is 2. The van der Waals surface area contributed by atoms with Crippen molar-refractivity contribution < 1.29 is 4.74 Å². The fourth-order valence-electron chi connectivity index (χ4n) is 3.43. The fourth-order valence-corrected chi connectivity index (χ4v) is 3.43. The summed E-state index contributed by atoms with van der Waals surface area (Å²) in [5, 5.41) is 4.20. The van der Waals surface area contributed by atoms with Crippen molar-refractivity contribution in [3.05, 3.63) is 18.0 Å². The highest BCUT2D eigenvalue weighted by Crippen LogP contribution is 2.37. The molecule has 4 nitrogen and oxygen atoms in total. The third kappa shape index (κ3) is 3.18. The number of ether oxygens (including phenoxy) is 1. The second-order valence-corrected chi connectivity index (χ2v) is 6.06. The normalized spacial score (nSPS) is 29.4. The standard InChI is InChI=1S/C15H27N3O/c1-12-5-4-9-15(11-12,19-3)14(16)7-6-13-8-10-17-18(13)2/h8,10,12,14H,4-7,9,11,16H2,1-3H3. The maximum absolute atomic E-state index is 6.47. The lowest BCUT2D eigenvalue weighted by molar-refractivity contribution is -0.0722. The van der Waals surface area contributed by atoms with Gasteiger partial charge in [0.2, 0.25) is 0 Å². The van der Waals surface area contributed by atoms with E-state index in [2.05, 4.69) is 18.1 Å². The fraction of sp³-hybridized carbons (Fsp3) is 0.800. The van der Waals surface area contributed by atoms with Gasteiger partial charge >= 0.3 is 0 Å². The monoisotopic (exact) mass is 265 g/mol. The average molecular weight is 265 g/mol. The molecule has 0 amide bonds. The number of rotatable bonds is 5. The zero-order valence-electron chi connectivity index (χ0n) is 12.4. The van der Waals surface area contributed by atoms with E-state index in [1.165, 1.54) is 18.5 Å². The van der Waals surface area contributed by atoms with E-state index in [0.717, 1.165) is 31.6 Å². The minimum atomic E-state index is -0.115. The van der Waals surface area contributed by atoms with Gasteiger partial charge in [-0.2, -0.15) is 5.10 Å². The maximum atomic E-state index is 6.47. The molecule has 1 fully saturated rings. The molecule has 3 unspecified atom stereocenters. The first kappa shape index (κ1) is 14.5. The molecule has 0 saturated heterocycles. The molecular formula is C15H27N3O. The van der Waals surface area contributed by atoms with Crippen molar-refractivity contribution in [1.82, 2.24) is 9.78 Å². The van der Waals surface area contributed by atoms with Gasteiger partial charge in [-0.1, -0.05) is 19.8 Å². The zero-order valence-corrected chi connectivity index (χ0v) is 12.4. The van der Waals surface area contributed by atoms with Gasteiger partial charge < -0.3 is 10.5 Å². The maximum Gasteiger partial charge on any atom is 0.0831 e. The number of aromatic nitrogens is 2. The SMILES string of the molecule is COC1(C(N)CCc2ccnn2C)CCCC(C)C1. The molecule has 2 N–H and O–H groups in total. The Morgan fingerprint density at radius 3 is 3.00 bits per heavy atom. The summed E-state index contributed by atoms with van der Waals surface area (Å²) in [7, 11) is 3.80. The van der Waals surface area contributed by atoms with Crippen LogP contribution in [0, 0.1) is 5.92 Å². The highest BCUT2D eigenvalue weighted by atomic mass is 16.5. The van der Waals surface area contributed by atoms with Crippen molar-refractivity contribution in [3.8, 4) is 0 Å². The van der Waals surface area contributed by atoms with Crippen LogP contribution in [0.15, 0.2) is 12.3 Å². The van der Waals surface area contributed by atoms with E-state index in [4.69, 9.17) is 10.5 Å². The van der Waals surface area contributed by atoms with Crippen molar-refractivity contribution in [2.24, 2.45) is 18.7 Å². The molecule has 19 heavy (non-hydrogen) atoms. The lowest BCUT2D eigenvalue weighted by atomic mass is 9.73. The lowest BCUT2D eigenvalue weighted by Gasteiger charge is -2.43.